The molecule has 0 atom stereocenters. The van der Waals surface area contributed by atoms with Crippen LogP contribution in [0.25, 0.3) is 16.9 Å². The van der Waals surface area contributed by atoms with E-state index in [0.717, 1.165) is 5.57 Å². The predicted molar refractivity (Wildman–Crippen MR) is 96.7 cm³/mol. The molecule has 0 aliphatic carbocycles. The molecule has 0 bridgehead atoms. The van der Waals surface area contributed by atoms with Crippen LogP contribution < -0.4 is 15.5 Å². The van der Waals surface area contributed by atoms with E-state index in [1.807, 2.05) is 36.4 Å². The van der Waals surface area contributed by atoms with Crippen LogP contribution in [0.2, 0.25) is 0 Å². The Morgan fingerprint density at radius 2 is 1.30 bits per heavy atom. The molecule has 0 saturated heterocycles. The predicted octanol–water partition coefficient (Wildman–Crippen LogP) is 1.56. The highest BCUT2D eigenvalue weighted by atomic mass is 16.3. The molecule has 0 fully saturated rings. The molecular weight excluding hydrogens is 342 g/mol. The minimum absolute atomic E-state index is 0.333. The van der Waals surface area contributed by atoms with Gasteiger partial charge in [0.1, 0.15) is 11.3 Å². The summed E-state index contributed by atoms with van der Waals surface area (Å²) in [7, 11) is 0. The molecule has 5 rings (SSSR count). The molecule has 0 amide bonds. The van der Waals surface area contributed by atoms with Crippen molar-refractivity contribution in [3.63, 3.8) is 0 Å². The van der Waals surface area contributed by atoms with Crippen LogP contribution >= 0.6 is 0 Å². The van der Waals surface area contributed by atoms with Gasteiger partial charge in [-0.25, -0.2) is 9.97 Å². The number of rotatable bonds is 2. The Balaban J connectivity index is 1.93. The van der Waals surface area contributed by atoms with Crippen molar-refractivity contribution in [1.82, 2.24) is 24.1 Å². The summed E-state index contributed by atoms with van der Waals surface area (Å²) in [6.45, 7) is 0. The molecule has 0 radical (unpaired) electrons. The summed E-state index contributed by atoms with van der Waals surface area (Å²) in [6.07, 6.45) is 10.7. The number of allylic oxidation sites excluding steroid dienone is 3. The summed E-state index contributed by atoms with van der Waals surface area (Å²) in [6, 6.07) is 10.8. The zero-order valence-corrected chi connectivity index (χ0v) is 14.0. The van der Waals surface area contributed by atoms with Crippen molar-refractivity contribution in [1.29, 1.82) is 0 Å². The maximum atomic E-state index is 12.8. The van der Waals surface area contributed by atoms with Crippen molar-refractivity contribution in [3.05, 3.63) is 90.3 Å². The third-order valence-electron chi connectivity index (χ3n) is 4.48. The first-order valence-electron chi connectivity index (χ1n) is 8.36. The van der Waals surface area contributed by atoms with Gasteiger partial charge < -0.3 is 24.3 Å². The minimum Gasteiger partial charge on any atom is -0.857 e. The fourth-order valence-corrected chi connectivity index (χ4v) is 3.34. The van der Waals surface area contributed by atoms with Gasteiger partial charge in [0.15, 0.2) is 0 Å². The molecule has 0 spiro atoms. The molecule has 1 N–H and O–H groups in total. The second kappa shape index (κ2) is 5.77. The summed E-state index contributed by atoms with van der Waals surface area (Å²) in [5.74, 6) is -0.788. The van der Waals surface area contributed by atoms with E-state index in [0.29, 0.717) is 28.3 Å². The quantitative estimate of drug-likeness (QED) is 0.589. The van der Waals surface area contributed by atoms with E-state index < -0.39 is 11.8 Å². The van der Waals surface area contributed by atoms with Crippen molar-refractivity contribution >= 4 is 16.9 Å². The summed E-state index contributed by atoms with van der Waals surface area (Å²) in [5.41, 5.74) is 2.94. The van der Waals surface area contributed by atoms with Crippen LogP contribution in [0.5, 0.6) is 11.8 Å². The monoisotopic (exact) mass is 355 g/mol. The Kier molecular flexibility index (Phi) is 3.26. The van der Waals surface area contributed by atoms with Gasteiger partial charge in [-0.3, -0.25) is 0 Å². The van der Waals surface area contributed by atoms with Gasteiger partial charge >= 0.3 is 0 Å². The van der Waals surface area contributed by atoms with E-state index in [2.05, 4.69) is 15.3 Å². The highest BCUT2D eigenvalue weighted by Gasteiger charge is 2.20. The number of nitrogens with zero attached hydrogens (tertiary/aromatic N) is 4. The normalized spacial score (nSPS) is 13.4. The van der Waals surface area contributed by atoms with E-state index in [4.69, 9.17) is 0 Å². The highest BCUT2D eigenvalue weighted by Crippen LogP contribution is 2.37. The molecule has 7 heteroatoms. The smallest absolute Gasteiger partial charge is 0.136 e. The molecule has 1 aliphatic rings. The molecule has 1 aliphatic heterocycles. The Morgan fingerprint density at radius 3 is 1.81 bits per heavy atom. The maximum absolute atomic E-state index is 12.8. The third kappa shape index (κ3) is 2.29. The van der Waals surface area contributed by atoms with E-state index in [9.17, 15) is 10.2 Å². The SMILES string of the molecule is [O-]c1nc2ccccn2c1C(=C1C=CNC=C1)c1c([O-])nc2ccccn12. The average Bonchev–Trinajstić information content (AvgIpc) is 3.20. The van der Waals surface area contributed by atoms with Crippen LogP contribution in [0.15, 0.2) is 78.9 Å². The lowest BCUT2D eigenvalue weighted by Gasteiger charge is -2.18. The number of pyridine rings is 2. The van der Waals surface area contributed by atoms with Gasteiger partial charge in [0.25, 0.3) is 0 Å². The summed E-state index contributed by atoms with van der Waals surface area (Å²) in [4.78, 5) is 8.25. The molecule has 5 heterocycles. The highest BCUT2D eigenvalue weighted by molar-refractivity contribution is 5.88. The summed E-state index contributed by atoms with van der Waals surface area (Å²) >= 11 is 0. The Hall–Kier alpha value is -4.00. The molecule has 0 saturated carbocycles. The van der Waals surface area contributed by atoms with Crippen molar-refractivity contribution in [2.45, 2.75) is 0 Å². The second-order valence-corrected chi connectivity index (χ2v) is 6.05. The molecule has 7 nitrogen and oxygen atoms in total. The summed E-state index contributed by atoms with van der Waals surface area (Å²) in [5, 5.41) is 28.6. The number of fused-ring (bicyclic) bond motifs is 2. The number of nitrogens with one attached hydrogen (secondary N) is 1. The number of aromatic nitrogens is 4. The van der Waals surface area contributed by atoms with Crippen LogP contribution in [0.3, 0.4) is 0 Å². The molecule has 4 aromatic heterocycles. The lowest BCUT2D eigenvalue weighted by Crippen LogP contribution is -2.08. The Morgan fingerprint density at radius 1 is 0.778 bits per heavy atom. The number of imidazole rings is 2. The van der Waals surface area contributed by atoms with Gasteiger partial charge in [-0.15, -0.1) is 0 Å². The molecule has 132 valence electrons. The van der Waals surface area contributed by atoms with Gasteiger partial charge in [-0.1, -0.05) is 12.1 Å². The minimum atomic E-state index is -0.394. The van der Waals surface area contributed by atoms with E-state index >= 15 is 0 Å². The number of hydrogen-bond acceptors (Lipinski definition) is 5. The molecule has 27 heavy (non-hydrogen) atoms. The maximum Gasteiger partial charge on any atom is 0.136 e. The first-order chi connectivity index (χ1) is 13.2. The number of hydrogen-bond donors (Lipinski definition) is 1. The zero-order chi connectivity index (χ0) is 18.4. The summed E-state index contributed by atoms with van der Waals surface area (Å²) < 4.78 is 3.41. The fourth-order valence-electron chi connectivity index (χ4n) is 3.34. The first kappa shape index (κ1) is 15.3. The van der Waals surface area contributed by atoms with Crippen LogP contribution in [0.4, 0.5) is 0 Å². The molecule has 0 unspecified atom stereocenters. The van der Waals surface area contributed by atoms with Gasteiger partial charge in [0, 0.05) is 42.1 Å². The van der Waals surface area contributed by atoms with E-state index in [1.165, 1.54) is 0 Å². The van der Waals surface area contributed by atoms with Gasteiger partial charge in [0.05, 0.1) is 11.4 Å². The van der Waals surface area contributed by atoms with Crippen LogP contribution in [0.1, 0.15) is 11.4 Å². The zero-order valence-electron chi connectivity index (χ0n) is 14.0. The van der Waals surface area contributed by atoms with Crippen LogP contribution in [-0.2, 0) is 0 Å². The standard InChI is InChI=1S/C20H15N5O2/c26-19-17(24-11-3-1-5-14(24)22-19)16(13-7-9-21-10-8-13)18-20(27)23-15-6-2-4-12-25(15)18/h1-12,21,26-27H/p-2. The average molecular weight is 355 g/mol. The van der Waals surface area contributed by atoms with Crippen LogP contribution in [-0.4, -0.2) is 18.8 Å². The Bertz CT molecular complexity index is 1180. The van der Waals surface area contributed by atoms with Gasteiger partial charge in [-0.05, 0) is 42.0 Å². The first-order valence-corrected chi connectivity index (χ1v) is 8.36. The molecule has 0 aromatic carbocycles. The third-order valence-corrected chi connectivity index (χ3v) is 4.48. The van der Waals surface area contributed by atoms with Crippen molar-refractivity contribution in [3.8, 4) is 11.8 Å². The van der Waals surface area contributed by atoms with Crippen molar-refractivity contribution in [2.24, 2.45) is 0 Å². The number of dihydropyridines is 1. The van der Waals surface area contributed by atoms with Gasteiger partial charge in [-0.2, -0.15) is 0 Å². The fraction of sp³-hybridized carbons (Fsp3) is 0. The topological polar surface area (TPSA) is 92.8 Å². The molecule has 4 aromatic rings. The van der Waals surface area contributed by atoms with Crippen molar-refractivity contribution in [2.75, 3.05) is 0 Å². The Labute approximate surface area is 153 Å². The largest absolute Gasteiger partial charge is 0.857 e. The second-order valence-electron chi connectivity index (χ2n) is 6.05. The van der Waals surface area contributed by atoms with E-state index in [1.54, 1.807) is 45.7 Å². The van der Waals surface area contributed by atoms with Gasteiger partial charge in [0.2, 0.25) is 0 Å². The lowest BCUT2D eigenvalue weighted by molar-refractivity contribution is -0.275. The molecular formula is C20H13N5O2-2. The van der Waals surface area contributed by atoms with Crippen LogP contribution in [0, 0.1) is 0 Å². The van der Waals surface area contributed by atoms with Crippen molar-refractivity contribution < 1.29 is 10.2 Å². The lowest BCUT2D eigenvalue weighted by atomic mass is 10.00. The van der Waals surface area contributed by atoms with E-state index in [-0.39, 0.29) is 0 Å².